The van der Waals surface area contributed by atoms with Crippen molar-refractivity contribution in [1.29, 1.82) is 0 Å². The third-order valence-electron chi connectivity index (χ3n) is 3.72. The predicted molar refractivity (Wildman–Crippen MR) is 73.8 cm³/mol. The van der Waals surface area contributed by atoms with Gasteiger partial charge in [0, 0.05) is 12.2 Å². The van der Waals surface area contributed by atoms with E-state index < -0.39 is 11.6 Å². The lowest BCUT2D eigenvalue weighted by atomic mass is 9.95. The Bertz CT molecular complexity index is 659. The van der Waals surface area contributed by atoms with Crippen LogP contribution in [0.25, 0.3) is 11.5 Å². The molecule has 0 bridgehead atoms. The lowest BCUT2D eigenvalue weighted by molar-refractivity contribution is -0.0770. The normalized spacial score (nSPS) is 22.1. The van der Waals surface area contributed by atoms with E-state index in [1.807, 2.05) is 6.92 Å². The fourth-order valence-electron chi connectivity index (χ4n) is 2.45. The maximum atomic E-state index is 11.0. The molecule has 1 aliphatic heterocycles. The molecule has 0 radical (unpaired) electrons. The second kappa shape index (κ2) is 5.29. The van der Waals surface area contributed by atoms with Crippen molar-refractivity contribution in [2.75, 3.05) is 6.61 Å². The number of hydrogen-bond donors (Lipinski definition) is 1. The molecule has 0 aliphatic carbocycles. The Morgan fingerprint density at radius 3 is 2.95 bits per heavy atom. The number of carboxylic acids is 1. The Labute approximate surface area is 121 Å². The molecule has 1 N–H and O–H groups in total. The molecule has 1 aromatic carbocycles. The second-order valence-corrected chi connectivity index (χ2v) is 5.35. The first-order valence-electron chi connectivity index (χ1n) is 6.90. The van der Waals surface area contributed by atoms with Gasteiger partial charge in [0.05, 0.1) is 5.56 Å². The van der Waals surface area contributed by atoms with Crippen LogP contribution < -0.4 is 0 Å². The van der Waals surface area contributed by atoms with Gasteiger partial charge in [-0.2, -0.15) is 4.98 Å². The maximum absolute atomic E-state index is 11.0. The largest absolute Gasteiger partial charge is 0.478 e. The first kappa shape index (κ1) is 13.8. The number of benzene rings is 1. The quantitative estimate of drug-likeness (QED) is 0.934. The van der Waals surface area contributed by atoms with Crippen molar-refractivity contribution in [3.63, 3.8) is 0 Å². The summed E-state index contributed by atoms with van der Waals surface area (Å²) < 4.78 is 11.1. The van der Waals surface area contributed by atoms with E-state index >= 15 is 0 Å². The topological polar surface area (TPSA) is 85.5 Å². The van der Waals surface area contributed by atoms with E-state index in [0.717, 1.165) is 19.3 Å². The Morgan fingerprint density at radius 2 is 2.24 bits per heavy atom. The van der Waals surface area contributed by atoms with E-state index in [-0.39, 0.29) is 5.56 Å². The van der Waals surface area contributed by atoms with Crippen molar-refractivity contribution in [3.05, 3.63) is 35.7 Å². The molecule has 6 heteroatoms. The number of ether oxygens (including phenoxy) is 1. The van der Waals surface area contributed by atoms with Gasteiger partial charge in [-0.3, -0.25) is 0 Å². The average molecular weight is 288 g/mol. The molecule has 1 fully saturated rings. The molecule has 2 aromatic rings. The zero-order valence-corrected chi connectivity index (χ0v) is 11.7. The summed E-state index contributed by atoms with van der Waals surface area (Å²) in [5.41, 5.74) is 0.255. The number of carbonyl (C=O) groups is 1. The maximum Gasteiger partial charge on any atom is 0.335 e. The summed E-state index contributed by atoms with van der Waals surface area (Å²) in [6.07, 6.45) is 2.96. The third kappa shape index (κ3) is 2.67. The molecular weight excluding hydrogens is 272 g/mol. The van der Waals surface area contributed by atoms with Crippen LogP contribution >= 0.6 is 0 Å². The summed E-state index contributed by atoms with van der Waals surface area (Å²) in [4.78, 5) is 15.4. The van der Waals surface area contributed by atoms with Crippen LogP contribution in [0.4, 0.5) is 0 Å². The van der Waals surface area contributed by atoms with Gasteiger partial charge < -0.3 is 14.4 Å². The van der Waals surface area contributed by atoms with Gasteiger partial charge in [0.25, 0.3) is 5.89 Å². The standard InChI is InChI=1S/C15H16N2O4/c1-15(7-2-3-8-20-15)14-16-12(21-17-14)10-5-4-6-11(9-10)13(18)19/h4-6,9H,2-3,7-8H2,1H3,(H,18,19). The summed E-state index contributed by atoms with van der Waals surface area (Å²) >= 11 is 0. The van der Waals surface area contributed by atoms with Gasteiger partial charge in [0.15, 0.2) is 0 Å². The number of rotatable bonds is 3. The molecule has 0 spiro atoms. The highest BCUT2D eigenvalue weighted by Gasteiger charge is 2.35. The number of carboxylic acid groups (broad SMARTS) is 1. The molecule has 110 valence electrons. The highest BCUT2D eigenvalue weighted by atomic mass is 16.5. The summed E-state index contributed by atoms with van der Waals surface area (Å²) in [7, 11) is 0. The minimum Gasteiger partial charge on any atom is -0.478 e. The van der Waals surface area contributed by atoms with Crippen LogP contribution in [-0.4, -0.2) is 27.8 Å². The highest BCUT2D eigenvalue weighted by molar-refractivity contribution is 5.88. The van der Waals surface area contributed by atoms with Crippen LogP contribution in [0.2, 0.25) is 0 Å². The van der Waals surface area contributed by atoms with E-state index in [2.05, 4.69) is 10.1 Å². The van der Waals surface area contributed by atoms with Crippen molar-refractivity contribution < 1.29 is 19.2 Å². The zero-order valence-electron chi connectivity index (χ0n) is 11.7. The number of nitrogens with zero attached hydrogens (tertiary/aromatic N) is 2. The number of aromatic carboxylic acids is 1. The monoisotopic (exact) mass is 288 g/mol. The van der Waals surface area contributed by atoms with E-state index in [1.54, 1.807) is 12.1 Å². The van der Waals surface area contributed by atoms with Gasteiger partial charge in [0.2, 0.25) is 5.82 Å². The van der Waals surface area contributed by atoms with Gasteiger partial charge in [-0.15, -0.1) is 0 Å². The van der Waals surface area contributed by atoms with Gasteiger partial charge in [-0.25, -0.2) is 4.79 Å². The van der Waals surface area contributed by atoms with Gasteiger partial charge in [0.1, 0.15) is 5.60 Å². The molecule has 1 aliphatic rings. The smallest absolute Gasteiger partial charge is 0.335 e. The number of aromatic nitrogens is 2. The fourth-order valence-corrected chi connectivity index (χ4v) is 2.45. The van der Waals surface area contributed by atoms with Gasteiger partial charge in [-0.1, -0.05) is 11.2 Å². The molecule has 1 unspecified atom stereocenters. The molecule has 0 amide bonds. The molecule has 1 saturated heterocycles. The van der Waals surface area contributed by atoms with Crippen molar-refractivity contribution in [1.82, 2.24) is 10.1 Å². The van der Waals surface area contributed by atoms with Crippen LogP contribution in [0.3, 0.4) is 0 Å². The Morgan fingerprint density at radius 1 is 1.38 bits per heavy atom. The Kier molecular flexibility index (Phi) is 3.47. The van der Waals surface area contributed by atoms with Crippen molar-refractivity contribution in [3.8, 4) is 11.5 Å². The van der Waals surface area contributed by atoms with E-state index in [9.17, 15) is 4.79 Å². The zero-order chi connectivity index (χ0) is 14.9. The first-order chi connectivity index (χ1) is 10.1. The molecule has 2 heterocycles. The predicted octanol–water partition coefficient (Wildman–Crippen LogP) is 2.85. The molecule has 21 heavy (non-hydrogen) atoms. The first-order valence-corrected chi connectivity index (χ1v) is 6.90. The van der Waals surface area contributed by atoms with Gasteiger partial charge >= 0.3 is 5.97 Å². The average Bonchev–Trinajstić information content (AvgIpc) is 2.99. The molecule has 0 saturated carbocycles. The summed E-state index contributed by atoms with van der Waals surface area (Å²) in [5.74, 6) is -0.166. The van der Waals surface area contributed by atoms with Crippen molar-refractivity contribution in [2.24, 2.45) is 0 Å². The Balaban J connectivity index is 1.91. The van der Waals surface area contributed by atoms with E-state index in [0.29, 0.717) is 23.9 Å². The Hall–Kier alpha value is -2.21. The van der Waals surface area contributed by atoms with Crippen LogP contribution in [0, 0.1) is 0 Å². The molecular formula is C15H16N2O4. The summed E-state index contributed by atoms with van der Waals surface area (Å²) in [6, 6.07) is 6.44. The minimum absolute atomic E-state index is 0.187. The van der Waals surface area contributed by atoms with Crippen LogP contribution in [-0.2, 0) is 10.3 Å². The second-order valence-electron chi connectivity index (χ2n) is 5.35. The van der Waals surface area contributed by atoms with Crippen molar-refractivity contribution >= 4 is 5.97 Å². The summed E-state index contributed by atoms with van der Waals surface area (Å²) in [5, 5.41) is 13.0. The SMILES string of the molecule is CC1(c2noc(-c3cccc(C(=O)O)c3)n2)CCCCO1. The lowest BCUT2D eigenvalue weighted by Gasteiger charge is -2.30. The molecule has 1 atom stereocenters. The van der Waals surface area contributed by atoms with Crippen LogP contribution in [0.5, 0.6) is 0 Å². The fraction of sp³-hybridized carbons (Fsp3) is 0.400. The van der Waals surface area contributed by atoms with E-state index in [4.69, 9.17) is 14.4 Å². The van der Waals surface area contributed by atoms with Crippen molar-refractivity contribution in [2.45, 2.75) is 31.8 Å². The third-order valence-corrected chi connectivity index (χ3v) is 3.72. The molecule has 3 rings (SSSR count). The molecule has 1 aromatic heterocycles. The van der Waals surface area contributed by atoms with Crippen LogP contribution in [0.1, 0.15) is 42.4 Å². The molecule has 6 nitrogen and oxygen atoms in total. The van der Waals surface area contributed by atoms with Crippen LogP contribution in [0.15, 0.2) is 28.8 Å². The lowest BCUT2D eigenvalue weighted by Crippen LogP contribution is -2.31. The summed E-state index contributed by atoms with van der Waals surface area (Å²) in [6.45, 7) is 2.64. The van der Waals surface area contributed by atoms with Gasteiger partial charge in [-0.05, 0) is 44.4 Å². The number of hydrogen-bond acceptors (Lipinski definition) is 5. The minimum atomic E-state index is -0.987. The highest BCUT2D eigenvalue weighted by Crippen LogP contribution is 2.33. The van der Waals surface area contributed by atoms with E-state index in [1.165, 1.54) is 12.1 Å².